The molecule has 2 aromatic rings. The first-order valence-electron chi connectivity index (χ1n) is 7.16. The van der Waals surface area contributed by atoms with Gasteiger partial charge in [-0.1, -0.05) is 35.5 Å². The average molecular weight is 286 g/mol. The summed E-state index contributed by atoms with van der Waals surface area (Å²) in [6, 6.07) is 9.78. The number of aromatic nitrogens is 1. The van der Waals surface area contributed by atoms with Crippen LogP contribution in [0, 0.1) is 12.8 Å². The third kappa shape index (κ3) is 2.97. The van der Waals surface area contributed by atoms with Crippen LogP contribution in [-0.4, -0.2) is 24.3 Å². The number of anilines is 1. The molecule has 5 nitrogen and oxygen atoms in total. The third-order valence-corrected chi connectivity index (χ3v) is 3.80. The molecule has 0 radical (unpaired) electrons. The monoisotopic (exact) mass is 286 g/mol. The summed E-state index contributed by atoms with van der Waals surface area (Å²) in [5.41, 5.74) is 2.59. The molecule has 21 heavy (non-hydrogen) atoms. The van der Waals surface area contributed by atoms with Gasteiger partial charge in [-0.05, 0) is 19.8 Å². The summed E-state index contributed by atoms with van der Waals surface area (Å²) >= 11 is 0. The fraction of sp³-hybridized carbons (Fsp3) is 0.375. The summed E-state index contributed by atoms with van der Waals surface area (Å²) in [6.45, 7) is 3.18. The summed E-state index contributed by atoms with van der Waals surface area (Å²) in [5.74, 6) is 0.408. The topological polar surface area (TPSA) is 64.4 Å². The van der Waals surface area contributed by atoms with Crippen molar-refractivity contribution in [3.05, 3.63) is 35.9 Å². The number of carbonyl (C=O) groups excluding carboxylic acids is 1. The average Bonchev–Trinajstić information content (AvgIpc) is 2.90. The number of nitrogens with zero attached hydrogens (tertiary/aromatic N) is 1. The van der Waals surface area contributed by atoms with Crippen molar-refractivity contribution < 1.29 is 14.1 Å². The molecule has 1 aliphatic heterocycles. The first-order chi connectivity index (χ1) is 10.3. The molecule has 3 rings (SSSR count). The van der Waals surface area contributed by atoms with Crippen LogP contribution in [0.1, 0.15) is 18.4 Å². The molecule has 0 aliphatic carbocycles. The van der Waals surface area contributed by atoms with Crippen LogP contribution < -0.4 is 5.32 Å². The van der Waals surface area contributed by atoms with E-state index in [-0.39, 0.29) is 11.8 Å². The largest absolute Gasteiger partial charge is 0.381 e. The molecule has 1 aliphatic rings. The van der Waals surface area contributed by atoms with Crippen molar-refractivity contribution in [3.63, 3.8) is 0 Å². The lowest BCUT2D eigenvalue weighted by molar-refractivity contribution is -0.122. The molecular formula is C16H18N2O3. The summed E-state index contributed by atoms with van der Waals surface area (Å²) in [6.07, 6.45) is 1.51. The van der Waals surface area contributed by atoms with Gasteiger partial charge in [-0.25, -0.2) is 0 Å². The summed E-state index contributed by atoms with van der Waals surface area (Å²) in [4.78, 5) is 12.2. The quantitative estimate of drug-likeness (QED) is 0.942. The zero-order valence-electron chi connectivity index (χ0n) is 12.0. The van der Waals surface area contributed by atoms with Gasteiger partial charge in [-0.15, -0.1) is 0 Å². The lowest BCUT2D eigenvalue weighted by Gasteiger charge is -2.20. The number of benzene rings is 1. The van der Waals surface area contributed by atoms with Crippen molar-refractivity contribution in [2.75, 3.05) is 18.5 Å². The lowest BCUT2D eigenvalue weighted by Crippen LogP contribution is -2.28. The van der Waals surface area contributed by atoms with E-state index in [1.54, 1.807) is 0 Å². The molecule has 0 saturated carbocycles. The highest BCUT2D eigenvalue weighted by atomic mass is 16.5. The molecule has 1 saturated heterocycles. The molecular weight excluding hydrogens is 268 g/mol. The van der Waals surface area contributed by atoms with Gasteiger partial charge >= 0.3 is 0 Å². The summed E-state index contributed by atoms with van der Waals surface area (Å²) < 4.78 is 10.6. The summed E-state index contributed by atoms with van der Waals surface area (Å²) in [5, 5.41) is 6.92. The molecule has 2 heterocycles. The molecule has 0 spiro atoms. The van der Waals surface area contributed by atoms with Crippen molar-refractivity contribution in [1.82, 2.24) is 5.16 Å². The zero-order chi connectivity index (χ0) is 14.7. The first kappa shape index (κ1) is 13.8. The molecule has 0 bridgehead atoms. The Labute approximate surface area is 123 Å². The third-order valence-electron chi connectivity index (χ3n) is 3.80. The van der Waals surface area contributed by atoms with Crippen LogP contribution in [0.5, 0.6) is 0 Å². The van der Waals surface area contributed by atoms with E-state index in [0.717, 1.165) is 29.7 Å². The number of carbonyl (C=O) groups is 1. The fourth-order valence-corrected chi connectivity index (χ4v) is 2.49. The van der Waals surface area contributed by atoms with Gasteiger partial charge in [0, 0.05) is 30.3 Å². The van der Waals surface area contributed by atoms with Crippen LogP contribution in [-0.2, 0) is 9.53 Å². The van der Waals surface area contributed by atoms with E-state index in [9.17, 15) is 4.79 Å². The number of amides is 1. The minimum atomic E-state index is -0.0165. The van der Waals surface area contributed by atoms with Gasteiger partial charge in [-0.3, -0.25) is 10.1 Å². The second-order valence-corrected chi connectivity index (χ2v) is 5.23. The van der Waals surface area contributed by atoms with Crippen LogP contribution in [0.2, 0.25) is 0 Å². The Bertz CT molecular complexity index is 616. The smallest absolute Gasteiger partial charge is 0.234 e. The van der Waals surface area contributed by atoms with Crippen LogP contribution in [0.3, 0.4) is 0 Å². The second-order valence-electron chi connectivity index (χ2n) is 5.23. The van der Waals surface area contributed by atoms with E-state index >= 15 is 0 Å². The zero-order valence-corrected chi connectivity index (χ0v) is 12.0. The number of ether oxygens (including phenoxy) is 1. The highest BCUT2D eigenvalue weighted by Crippen LogP contribution is 2.28. The second kappa shape index (κ2) is 6.10. The molecule has 1 N–H and O–H groups in total. The number of hydrogen-bond donors (Lipinski definition) is 1. The van der Waals surface area contributed by atoms with Crippen LogP contribution in [0.4, 0.5) is 5.88 Å². The van der Waals surface area contributed by atoms with Crippen LogP contribution in [0.15, 0.2) is 34.9 Å². The Hall–Kier alpha value is -2.14. The lowest BCUT2D eigenvalue weighted by atomic mass is 9.99. The van der Waals surface area contributed by atoms with Crippen molar-refractivity contribution in [1.29, 1.82) is 0 Å². The van der Waals surface area contributed by atoms with Crippen molar-refractivity contribution >= 4 is 11.8 Å². The molecule has 1 fully saturated rings. The Morgan fingerprint density at radius 2 is 1.95 bits per heavy atom. The number of rotatable bonds is 3. The van der Waals surface area contributed by atoms with E-state index < -0.39 is 0 Å². The predicted molar refractivity (Wildman–Crippen MR) is 78.8 cm³/mol. The Morgan fingerprint density at radius 3 is 2.67 bits per heavy atom. The maximum absolute atomic E-state index is 12.2. The van der Waals surface area contributed by atoms with Crippen molar-refractivity contribution in [2.24, 2.45) is 5.92 Å². The molecule has 5 heteroatoms. The number of nitrogens with one attached hydrogen (secondary N) is 1. The van der Waals surface area contributed by atoms with Crippen LogP contribution >= 0.6 is 0 Å². The van der Waals surface area contributed by atoms with E-state index in [1.165, 1.54) is 0 Å². The van der Waals surface area contributed by atoms with Gasteiger partial charge < -0.3 is 9.26 Å². The maximum atomic E-state index is 12.2. The molecule has 1 aromatic carbocycles. The van der Waals surface area contributed by atoms with Gasteiger partial charge in [0.1, 0.15) is 5.69 Å². The molecule has 0 atom stereocenters. The molecule has 110 valence electrons. The van der Waals surface area contributed by atoms with Gasteiger partial charge in [-0.2, -0.15) is 0 Å². The SMILES string of the molecule is Cc1c(-c2ccccc2)noc1NC(=O)C1CCOCC1. The fourth-order valence-electron chi connectivity index (χ4n) is 2.49. The Balaban J connectivity index is 1.75. The predicted octanol–water partition coefficient (Wildman–Crippen LogP) is 3.02. The highest BCUT2D eigenvalue weighted by molar-refractivity contribution is 5.92. The standard InChI is InChI=1S/C16H18N2O3/c1-11-14(12-5-3-2-4-6-12)18-21-16(11)17-15(19)13-7-9-20-10-8-13/h2-6,13H,7-10H2,1H3,(H,17,19). The van der Waals surface area contributed by atoms with Crippen molar-refractivity contribution in [3.8, 4) is 11.3 Å². The summed E-state index contributed by atoms with van der Waals surface area (Å²) in [7, 11) is 0. The minimum absolute atomic E-state index is 0.0107. The van der Waals surface area contributed by atoms with Gasteiger partial charge in [0.2, 0.25) is 11.8 Å². The van der Waals surface area contributed by atoms with E-state index in [0.29, 0.717) is 19.1 Å². The molecule has 0 unspecified atom stereocenters. The highest BCUT2D eigenvalue weighted by Gasteiger charge is 2.24. The van der Waals surface area contributed by atoms with E-state index in [1.807, 2.05) is 37.3 Å². The molecule has 1 aromatic heterocycles. The molecule has 1 amide bonds. The van der Waals surface area contributed by atoms with E-state index in [4.69, 9.17) is 9.26 Å². The van der Waals surface area contributed by atoms with Gasteiger partial charge in [0.15, 0.2) is 0 Å². The number of hydrogen-bond acceptors (Lipinski definition) is 4. The normalized spacial score (nSPS) is 15.9. The van der Waals surface area contributed by atoms with Crippen molar-refractivity contribution in [2.45, 2.75) is 19.8 Å². The minimum Gasteiger partial charge on any atom is -0.381 e. The Kier molecular flexibility index (Phi) is 4.01. The first-order valence-corrected chi connectivity index (χ1v) is 7.16. The van der Waals surface area contributed by atoms with Gasteiger partial charge in [0.05, 0.1) is 0 Å². The van der Waals surface area contributed by atoms with Crippen LogP contribution in [0.25, 0.3) is 11.3 Å². The maximum Gasteiger partial charge on any atom is 0.234 e. The van der Waals surface area contributed by atoms with E-state index in [2.05, 4.69) is 10.5 Å². The Morgan fingerprint density at radius 1 is 1.24 bits per heavy atom. The van der Waals surface area contributed by atoms with Gasteiger partial charge in [0.25, 0.3) is 0 Å².